The Kier molecular flexibility index (Phi) is 4.73. The molecule has 60 valence electrons. The van der Waals surface area contributed by atoms with Gasteiger partial charge in [0.05, 0.1) is 5.57 Å². The van der Waals surface area contributed by atoms with Crippen LogP contribution in [0.2, 0.25) is 0 Å². The second-order valence-electron chi connectivity index (χ2n) is 1.83. The average Bonchev–Trinajstić information content (AvgIpc) is 1.97. The molecule has 0 spiro atoms. The van der Waals surface area contributed by atoms with Gasteiger partial charge in [-0.15, -0.1) is 0 Å². The normalized spacial score (nSPS) is 13.1. The molecule has 0 aromatic heterocycles. The lowest BCUT2D eigenvalue weighted by Crippen LogP contribution is -1.97. The molecule has 0 heterocycles. The van der Waals surface area contributed by atoms with Crippen molar-refractivity contribution in [3.8, 4) is 0 Å². The van der Waals surface area contributed by atoms with E-state index in [2.05, 4.69) is 4.99 Å². The van der Waals surface area contributed by atoms with E-state index in [9.17, 15) is 4.79 Å². The minimum absolute atomic E-state index is 0.234. The number of carboxylic acids is 1. The molecule has 0 rings (SSSR count). The SMILES string of the molecule is C\C=C/C(=C\C=N/C)C(=O)O. The number of aliphatic imine (C=N–C) groups is 1. The van der Waals surface area contributed by atoms with Gasteiger partial charge in [0, 0.05) is 13.3 Å². The summed E-state index contributed by atoms with van der Waals surface area (Å²) < 4.78 is 0. The van der Waals surface area contributed by atoms with Crippen LogP contribution < -0.4 is 0 Å². The topological polar surface area (TPSA) is 49.7 Å². The van der Waals surface area contributed by atoms with Crippen molar-refractivity contribution in [3.05, 3.63) is 23.8 Å². The van der Waals surface area contributed by atoms with Gasteiger partial charge in [-0.3, -0.25) is 4.99 Å². The van der Waals surface area contributed by atoms with Crippen LogP contribution in [0.4, 0.5) is 0 Å². The van der Waals surface area contributed by atoms with Gasteiger partial charge in [-0.05, 0) is 13.0 Å². The van der Waals surface area contributed by atoms with Crippen molar-refractivity contribution in [2.24, 2.45) is 4.99 Å². The lowest BCUT2D eigenvalue weighted by Gasteiger charge is -1.89. The number of aliphatic carboxylic acids is 1. The monoisotopic (exact) mass is 153 g/mol. The number of allylic oxidation sites excluding steroid dienone is 2. The maximum Gasteiger partial charge on any atom is 0.335 e. The second kappa shape index (κ2) is 5.41. The summed E-state index contributed by atoms with van der Waals surface area (Å²) in [7, 11) is 1.59. The van der Waals surface area contributed by atoms with Crippen molar-refractivity contribution in [1.29, 1.82) is 0 Å². The molecule has 0 bridgehead atoms. The van der Waals surface area contributed by atoms with Crippen LogP contribution in [0, 0.1) is 0 Å². The Bertz CT molecular complexity index is 214. The summed E-state index contributed by atoms with van der Waals surface area (Å²) >= 11 is 0. The third-order valence-electron chi connectivity index (χ3n) is 0.996. The molecule has 0 saturated heterocycles. The third kappa shape index (κ3) is 4.08. The molecule has 0 fully saturated rings. The van der Waals surface area contributed by atoms with E-state index >= 15 is 0 Å². The molecule has 0 aromatic carbocycles. The van der Waals surface area contributed by atoms with E-state index in [0.717, 1.165) is 0 Å². The Labute approximate surface area is 65.8 Å². The number of nitrogens with zero attached hydrogens (tertiary/aromatic N) is 1. The van der Waals surface area contributed by atoms with Gasteiger partial charge in [-0.25, -0.2) is 4.79 Å². The molecule has 0 aliphatic carbocycles. The second-order valence-corrected chi connectivity index (χ2v) is 1.83. The summed E-state index contributed by atoms with van der Waals surface area (Å²) in [6.45, 7) is 1.76. The summed E-state index contributed by atoms with van der Waals surface area (Å²) in [5, 5.41) is 8.55. The fourth-order valence-electron chi connectivity index (χ4n) is 0.533. The van der Waals surface area contributed by atoms with Crippen LogP contribution in [-0.2, 0) is 4.79 Å². The fourth-order valence-corrected chi connectivity index (χ4v) is 0.533. The van der Waals surface area contributed by atoms with Crippen LogP contribution in [0.3, 0.4) is 0 Å². The maximum absolute atomic E-state index is 10.4. The standard InChI is InChI=1S/C8H11NO2/c1-3-4-7(8(10)11)5-6-9-2/h3-6H,1-2H3,(H,10,11)/b4-3-,7-5+,9-6-. The Morgan fingerprint density at radius 2 is 2.18 bits per heavy atom. The highest BCUT2D eigenvalue weighted by atomic mass is 16.4. The highest BCUT2D eigenvalue weighted by molar-refractivity contribution is 5.94. The number of hydrogen-bond acceptors (Lipinski definition) is 2. The maximum atomic E-state index is 10.4. The molecule has 0 unspecified atom stereocenters. The zero-order valence-corrected chi connectivity index (χ0v) is 6.61. The van der Waals surface area contributed by atoms with Gasteiger partial charge < -0.3 is 5.11 Å². The first-order valence-corrected chi connectivity index (χ1v) is 3.20. The molecule has 0 aliphatic rings. The largest absolute Gasteiger partial charge is 0.478 e. The van der Waals surface area contributed by atoms with Gasteiger partial charge in [0.2, 0.25) is 0 Å². The van der Waals surface area contributed by atoms with E-state index in [1.165, 1.54) is 18.4 Å². The van der Waals surface area contributed by atoms with Crippen LogP contribution in [0.5, 0.6) is 0 Å². The smallest absolute Gasteiger partial charge is 0.335 e. The summed E-state index contributed by atoms with van der Waals surface area (Å²) in [4.78, 5) is 14.1. The predicted molar refractivity (Wildman–Crippen MR) is 44.9 cm³/mol. The molecule has 3 nitrogen and oxygen atoms in total. The quantitative estimate of drug-likeness (QED) is 0.377. The minimum atomic E-state index is -0.942. The van der Waals surface area contributed by atoms with Crippen LogP contribution in [0.25, 0.3) is 0 Å². The van der Waals surface area contributed by atoms with Crippen LogP contribution in [0.15, 0.2) is 28.8 Å². The molecule has 0 atom stereocenters. The van der Waals surface area contributed by atoms with E-state index < -0.39 is 5.97 Å². The zero-order valence-electron chi connectivity index (χ0n) is 6.61. The first-order valence-electron chi connectivity index (χ1n) is 3.20. The average molecular weight is 153 g/mol. The van der Waals surface area contributed by atoms with Gasteiger partial charge >= 0.3 is 5.97 Å². The highest BCUT2D eigenvalue weighted by Gasteiger charge is 1.99. The molecule has 0 radical (unpaired) electrons. The van der Waals surface area contributed by atoms with Gasteiger partial charge in [0.15, 0.2) is 0 Å². The van der Waals surface area contributed by atoms with Crippen molar-refractivity contribution in [2.45, 2.75) is 6.92 Å². The summed E-state index contributed by atoms with van der Waals surface area (Å²) in [6.07, 6.45) is 6.08. The highest BCUT2D eigenvalue weighted by Crippen LogP contribution is 1.94. The molecule has 0 aromatic rings. The molecule has 0 aliphatic heterocycles. The van der Waals surface area contributed by atoms with Gasteiger partial charge in [-0.1, -0.05) is 12.2 Å². The van der Waals surface area contributed by atoms with Gasteiger partial charge in [-0.2, -0.15) is 0 Å². The van der Waals surface area contributed by atoms with E-state index in [4.69, 9.17) is 5.11 Å². The molecular formula is C8H11NO2. The molecular weight excluding hydrogens is 142 g/mol. The summed E-state index contributed by atoms with van der Waals surface area (Å²) in [5.74, 6) is -0.942. The van der Waals surface area contributed by atoms with Gasteiger partial charge in [0.1, 0.15) is 0 Å². The Balaban J connectivity index is 4.45. The minimum Gasteiger partial charge on any atom is -0.478 e. The van der Waals surface area contributed by atoms with E-state index in [1.54, 1.807) is 20.0 Å². The van der Waals surface area contributed by atoms with Crippen LogP contribution in [0.1, 0.15) is 6.92 Å². The lowest BCUT2D eigenvalue weighted by atomic mass is 10.2. The van der Waals surface area contributed by atoms with Crippen molar-refractivity contribution in [3.63, 3.8) is 0 Å². The van der Waals surface area contributed by atoms with Crippen LogP contribution >= 0.6 is 0 Å². The molecule has 0 saturated carbocycles. The van der Waals surface area contributed by atoms with Crippen molar-refractivity contribution < 1.29 is 9.90 Å². The number of rotatable bonds is 3. The molecule has 1 N–H and O–H groups in total. The Morgan fingerprint density at radius 1 is 1.55 bits per heavy atom. The van der Waals surface area contributed by atoms with Crippen molar-refractivity contribution in [1.82, 2.24) is 0 Å². The number of carbonyl (C=O) groups is 1. The predicted octanol–water partition coefficient (Wildman–Crippen LogP) is 1.27. The fraction of sp³-hybridized carbons (Fsp3) is 0.250. The molecule has 3 heteroatoms. The third-order valence-corrected chi connectivity index (χ3v) is 0.996. The first-order chi connectivity index (χ1) is 5.22. The van der Waals surface area contributed by atoms with Crippen molar-refractivity contribution in [2.75, 3.05) is 7.05 Å². The Hall–Kier alpha value is -1.38. The van der Waals surface area contributed by atoms with Crippen LogP contribution in [-0.4, -0.2) is 24.3 Å². The number of carboxylic acid groups (broad SMARTS) is 1. The zero-order chi connectivity index (χ0) is 8.69. The lowest BCUT2D eigenvalue weighted by molar-refractivity contribution is -0.132. The molecule has 0 amide bonds. The van der Waals surface area contributed by atoms with Crippen molar-refractivity contribution >= 4 is 12.2 Å². The van der Waals surface area contributed by atoms with Gasteiger partial charge in [0.25, 0.3) is 0 Å². The van der Waals surface area contributed by atoms with E-state index in [-0.39, 0.29) is 5.57 Å². The number of hydrogen-bond donors (Lipinski definition) is 1. The first kappa shape index (κ1) is 9.62. The molecule has 11 heavy (non-hydrogen) atoms. The van der Waals surface area contributed by atoms with E-state index in [1.807, 2.05) is 0 Å². The summed E-state index contributed by atoms with van der Waals surface area (Å²) in [6, 6.07) is 0. The Morgan fingerprint density at radius 3 is 2.55 bits per heavy atom. The summed E-state index contributed by atoms with van der Waals surface area (Å²) in [5.41, 5.74) is 0.234. The van der Waals surface area contributed by atoms with E-state index in [0.29, 0.717) is 0 Å².